The molecule has 0 bridgehead atoms. The molecule has 1 aromatic heterocycles. The van der Waals surface area contributed by atoms with Gasteiger partial charge in [0.2, 0.25) is 5.95 Å². The predicted molar refractivity (Wildman–Crippen MR) is 117 cm³/mol. The van der Waals surface area contributed by atoms with Crippen molar-refractivity contribution in [3.63, 3.8) is 0 Å². The van der Waals surface area contributed by atoms with E-state index < -0.39 is 40.5 Å². The minimum absolute atomic E-state index is 0.00179. The molecule has 0 radical (unpaired) electrons. The van der Waals surface area contributed by atoms with Crippen molar-refractivity contribution in [3.8, 4) is 5.69 Å². The van der Waals surface area contributed by atoms with Gasteiger partial charge >= 0.3 is 12.3 Å². The number of hydrogen-bond acceptors (Lipinski definition) is 4. The molecule has 1 heterocycles. The molecule has 1 amide bonds. The Morgan fingerprint density at radius 3 is 2.42 bits per heavy atom. The van der Waals surface area contributed by atoms with Crippen LogP contribution in [0.5, 0.6) is 0 Å². The fourth-order valence-electron chi connectivity index (χ4n) is 3.13. The van der Waals surface area contributed by atoms with Crippen LogP contribution >= 0.6 is 11.6 Å². The Bertz CT molecular complexity index is 1280. The van der Waals surface area contributed by atoms with Crippen LogP contribution in [0.4, 0.5) is 28.3 Å². The summed E-state index contributed by atoms with van der Waals surface area (Å²) >= 11 is 6.16. The van der Waals surface area contributed by atoms with Crippen molar-refractivity contribution in [2.24, 2.45) is 0 Å². The number of amides is 1. The third-order valence-corrected chi connectivity index (χ3v) is 4.78. The van der Waals surface area contributed by atoms with E-state index >= 15 is 0 Å². The molecule has 0 fully saturated rings. The van der Waals surface area contributed by atoms with Gasteiger partial charge in [-0.05, 0) is 58.0 Å². The van der Waals surface area contributed by atoms with Crippen molar-refractivity contribution in [1.82, 2.24) is 9.55 Å². The highest BCUT2D eigenvalue weighted by molar-refractivity contribution is 6.35. The number of anilines is 1. The Labute approximate surface area is 191 Å². The molecule has 3 rings (SSSR count). The van der Waals surface area contributed by atoms with Crippen LogP contribution in [-0.4, -0.2) is 27.8 Å². The zero-order chi connectivity index (χ0) is 24.7. The first-order valence-corrected chi connectivity index (χ1v) is 10.2. The summed E-state index contributed by atoms with van der Waals surface area (Å²) in [6, 6.07) is 6.05. The Morgan fingerprint density at radius 1 is 1.18 bits per heavy atom. The summed E-state index contributed by atoms with van der Waals surface area (Å²) in [5.41, 5.74) is -3.46. The van der Waals surface area contributed by atoms with Gasteiger partial charge in [0.25, 0.3) is 5.56 Å². The summed E-state index contributed by atoms with van der Waals surface area (Å²) in [5.74, 6) is -1.57. The Morgan fingerprint density at radius 2 is 1.85 bits per heavy atom. The Balaban J connectivity index is 2.40. The number of nitrogens with zero attached hydrogens (tertiary/aromatic N) is 3. The van der Waals surface area contributed by atoms with E-state index in [9.17, 15) is 27.2 Å². The molecule has 11 heteroatoms. The molecule has 3 aromatic rings. The molecule has 0 N–H and O–H groups in total. The van der Waals surface area contributed by atoms with Crippen LogP contribution in [0.1, 0.15) is 33.3 Å². The van der Waals surface area contributed by atoms with Gasteiger partial charge < -0.3 is 4.74 Å². The monoisotopic (exact) mass is 485 g/mol. The average Bonchev–Trinajstić information content (AvgIpc) is 2.66. The zero-order valence-corrected chi connectivity index (χ0v) is 18.9. The number of halogens is 5. The number of benzene rings is 2. The topological polar surface area (TPSA) is 64.4 Å². The lowest BCUT2D eigenvalue weighted by Gasteiger charge is -2.27. The SMILES string of the molecule is CCN(C(=O)OC(C)(C)C)c1nc2cccc(Cl)c2c(=O)n1-c1cc(F)cc(C(F)(F)F)c1. The van der Waals surface area contributed by atoms with Crippen LogP contribution in [0.15, 0.2) is 41.2 Å². The van der Waals surface area contributed by atoms with Crippen molar-refractivity contribution < 1.29 is 27.1 Å². The second kappa shape index (κ2) is 8.66. The number of carbonyl (C=O) groups is 1. The highest BCUT2D eigenvalue weighted by Crippen LogP contribution is 2.32. The largest absolute Gasteiger partial charge is 0.443 e. The Hall–Kier alpha value is -3.14. The first-order chi connectivity index (χ1) is 15.2. The van der Waals surface area contributed by atoms with E-state index in [-0.39, 0.29) is 28.4 Å². The number of fused-ring (bicyclic) bond motifs is 1. The van der Waals surface area contributed by atoms with Crippen LogP contribution < -0.4 is 10.5 Å². The van der Waals surface area contributed by atoms with Crippen LogP contribution in [-0.2, 0) is 10.9 Å². The summed E-state index contributed by atoms with van der Waals surface area (Å²) in [7, 11) is 0. The van der Waals surface area contributed by atoms with Crippen LogP contribution in [0, 0.1) is 5.82 Å². The first kappa shape index (κ1) is 24.5. The van der Waals surface area contributed by atoms with Crippen molar-refractivity contribution >= 4 is 34.5 Å². The molecule has 0 unspecified atom stereocenters. The molecule has 0 aliphatic carbocycles. The average molecular weight is 486 g/mol. The summed E-state index contributed by atoms with van der Waals surface area (Å²) in [6.45, 7) is 6.40. The highest BCUT2D eigenvalue weighted by Gasteiger charge is 2.33. The third-order valence-electron chi connectivity index (χ3n) is 4.47. The Kier molecular flexibility index (Phi) is 6.43. The molecule has 0 aliphatic rings. The molecule has 6 nitrogen and oxygen atoms in total. The summed E-state index contributed by atoms with van der Waals surface area (Å²) in [5, 5.41) is -0.0981. The van der Waals surface area contributed by atoms with Crippen molar-refractivity contribution in [1.29, 1.82) is 0 Å². The van der Waals surface area contributed by atoms with E-state index in [4.69, 9.17) is 16.3 Å². The maximum atomic E-state index is 14.2. The van der Waals surface area contributed by atoms with Gasteiger partial charge in [0.15, 0.2) is 0 Å². The highest BCUT2D eigenvalue weighted by atomic mass is 35.5. The van der Waals surface area contributed by atoms with E-state index in [0.717, 1.165) is 15.5 Å². The number of rotatable bonds is 3. The molecule has 0 aliphatic heterocycles. The molecule has 33 heavy (non-hydrogen) atoms. The lowest BCUT2D eigenvalue weighted by atomic mass is 10.1. The number of hydrogen-bond donors (Lipinski definition) is 0. The van der Waals surface area contributed by atoms with E-state index in [1.807, 2.05) is 0 Å². The van der Waals surface area contributed by atoms with Crippen molar-refractivity contribution in [3.05, 3.63) is 63.2 Å². The van der Waals surface area contributed by atoms with Gasteiger partial charge in [0.05, 0.1) is 27.2 Å². The molecule has 0 spiro atoms. The smallest absolute Gasteiger partial charge is 0.417 e. The second-order valence-corrected chi connectivity index (χ2v) is 8.51. The molecule has 176 valence electrons. The predicted octanol–water partition coefficient (Wildman–Crippen LogP) is 5.96. The first-order valence-electron chi connectivity index (χ1n) is 9.83. The van der Waals surface area contributed by atoms with Gasteiger partial charge in [-0.2, -0.15) is 13.2 Å². The second-order valence-electron chi connectivity index (χ2n) is 8.11. The van der Waals surface area contributed by atoms with E-state index in [0.29, 0.717) is 12.1 Å². The lowest BCUT2D eigenvalue weighted by molar-refractivity contribution is -0.137. The lowest BCUT2D eigenvalue weighted by Crippen LogP contribution is -2.40. The molecule has 0 atom stereocenters. The standard InChI is InChI=1S/C22H20ClF4N3O3/c1-5-29(20(32)33-21(2,3)4)19-28-16-8-6-7-15(23)17(16)18(31)30(19)14-10-12(22(25,26)27)9-13(24)11-14/h6-11H,5H2,1-4H3. The van der Waals surface area contributed by atoms with Gasteiger partial charge in [0.1, 0.15) is 11.4 Å². The maximum absolute atomic E-state index is 14.2. The summed E-state index contributed by atoms with van der Waals surface area (Å²) in [6.07, 6.45) is -5.77. The number of carbonyl (C=O) groups excluding carboxylic acids is 1. The van der Waals surface area contributed by atoms with Gasteiger partial charge in [-0.3, -0.25) is 4.79 Å². The molecular formula is C22H20ClF4N3O3. The maximum Gasteiger partial charge on any atom is 0.417 e. The number of alkyl halides is 3. The fourth-order valence-corrected chi connectivity index (χ4v) is 3.38. The van der Waals surface area contributed by atoms with E-state index in [2.05, 4.69) is 4.98 Å². The minimum atomic E-state index is -4.88. The van der Waals surface area contributed by atoms with Gasteiger partial charge in [-0.25, -0.2) is 23.6 Å². The summed E-state index contributed by atoms with van der Waals surface area (Å²) in [4.78, 5) is 31.6. The van der Waals surface area contributed by atoms with Crippen LogP contribution in [0.25, 0.3) is 16.6 Å². The normalized spacial score (nSPS) is 12.2. The molecule has 0 saturated carbocycles. The third kappa shape index (κ3) is 5.11. The van der Waals surface area contributed by atoms with Crippen molar-refractivity contribution in [2.75, 3.05) is 11.4 Å². The van der Waals surface area contributed by atoms with Crippen LogP contribution in [0.2, 0.25) is 5.02 Å². The molecule has 0 saturated heterocycles. The van der Waals surface area contributed by atoms with Gasteiger partial charge in [-0.1, -0.05) is 17.7 Å². The van der Waals surface area contributed by atoms with E-state index in [1.165, 1.54) is 18.2 Å². The zero-order valence-electron chi connectivity index (χ0n) is 18.1. The summed E-state index contributed by atoms with van der Waals surface area (Å²) < 4.78 is 60.3. The van der Waals surface area contributed by atoms with Crippen molar-refractivity contribution in [2.45, 2.75) is 39.5 Å². The number of aromatic nitrogens is 2. The quantitative estimate of drug-likeness (QED) is 0.429. The molecule has 2 aromatic carbocycles. The number of ether oxygens (including phenoxy) is 1. The fraction of sp³-hybridized carbons (Fsp3) is 0.318. The molecular weight excluding hydrogens is 466 g/mol. The minimum Gasteiger partial charge on any atom is -0.443 e. The van der Waals surface area contributed by atoms with Gasteiger partial charge in [-0.15, -0.1) is 0 Å². The van der Waals surface area contributed by atoms with Gasteiger partial charge in [0, 0.05) is 6.54 Å². The van der Waals surface area contributed by atoms with E-state index in [1.54, 1.807) is 27.7 Å². The van der Waals surface area contributed by atoms with Crippen LogP contribution in [0.3, 0.4) is 0 Å².